The Morgan fingerprint density at radius 2 is 1.03 bits per heavy atom. The molecule has 4 saturated heterocycles. The molecule has 4 aliphatic heterocycles. The number of ether oxygens (including phenoxy) is 14. The monoisotopic (exact) mass is 979 g/mol. The Bertz CT molecular complexity index is 1440. The van der Waals surface area contributed by atoms with Gasteiger partial charge in [-0.1, -0.05) is 64.2 Å². The fourth-order valence-corrected chi connectivity index (χ4v) is 8.38. The first-order chi connectivity index (χ1) is 33.9. The molecule has 4 fully saturated rings. The van der Waals surface area contributed by atoms with Crippen LogP contribution in [0.25, 0.3) is 0 Å². The molecule has 8 unspecified atom stereocenters. The van der Waals surface area contributed by atoms with Gasteiger partial charge in [0.25, 0.3) is 0 Å². The molecule has 0 radical (unpaired) electrons. The van der Waals surface area contributed by atoms with Crippen molar-refractivity contribution in [3.8, 4) is 11.5 Å². The van der Waals surface area contributed by atoms with Gasteiger partial charge < -0.3 is 66.3 Å². The molecule has 0 N–H and O–H groups in total. The quantitative estimate of drug-likeness (QED) is 0.0347. The molecule has 1 aromatic rings. The van der Waals surface area contributed by atoms with Crippen LogP contribution in [-0.2, 0) is 56.8 Å². The summed E-state index contributed by atoms with van der Waals surface area (Å²) >= 11 is 0. The van der Waals surface area contributed by atoms with Crippen LogP contribution in [0.5, 0.6) is 11.5 Å². The van der Waals surface area contributed by atoms with Gasteiger partial charge in [-0.3, -0.25) is 0 Å². The molecule has 4 heterocycles. The Morgan fingerprint density at radius 3 is 1.54 bits per heavy atom. The summed E-state index contributed by atoms with van der Waals surface area (Å²) in [7, 11) is 0. The Balaban J connectivity index is 1.05. The zero-order valence-corrected chi connectivity index (χ0v) is 43.4. The van der Waals surface area contributed by atoms with Crippen molar-refractivity contribution in [3.05, 3.63) is 36.4 Å². The summed E-state index contributed by atoms with van der Waals surface area (Å²) in [5, 5.41) is 0. The number of unbranched alkanes of at least 4 members (excludes halogenated alkanes) is 8. The summed E-state index contributed by atoms with van der Waals surface area (Å²) in [5.74, 6) is 1.44. The molecule has 8 atom stereocenters. The zero-order chi connectivity index (χ0) is 48.5. The van der Waals surface area contributed by atoms with Crippen molar-refractivity contribution in [1.82, 2.24) is 0 Å². The third-order valence-corrected chi connectivity index (χ3v) is 12.9. The molecule has 0 saturated carbocycles. The second kappa shape index (κ2) is 35.3. The second-order valence-electron chi connectivity index (χ2n) is 19.7. The van der Waals surface area contributed by atoms with E-state index in [9.17, 15) is 0 Å². The topological polar surface area (TPSA) is 142 Å². The Labute approximate surface area is 416 Å². The van der Waals surface area contributed by atoms with Gasteiger partial charge in [-0.25, -0.2) is 0 Å². The molecular formula is C55H94O14. The molecule has 5 rings (SSSR count). The van der Waals surface area contributed by atoms with Crippen molar-refractivity contribution in [2.45, 2.75) is 185 Å². The average molecular weight is 979 g/mol. The number of allylic oxidation sites excluding steroid dienone is 1. The minimum atomic E-state index is -0.457. The maximum Gasteiger partial charge on any atom is 0.123 e. The predicted molar refractivity (Wildman–Crippen MR) is 267 cm³/mol. The lowest BCUT2D eigenvalue weighted by Crippen LogP contribution is -2.38. The van der Waals surface area contributed by atoms with Crippen molar-refractivity contribution in [3.63, 3.8) is 0 Å². The van der Waals surface area contributed by atoms with Gasteiger partial charge in [0.05, 0.1) is 76.3 Å². The van der Waals surface area contributed by atoms with E-state index in [4.69, 9.17) is 66.3 Å². The smallest absolute Gasteiger partial charge is 0.123 e. The second-order valence-corrected chi connectivity index (χ2v) is 19.7. The summed E-state index contributed by atoms with van der Waals surface area (Å²) in [6, 6.07) is 7.85. The normalized spacial score (nSPS) is 22.0. The van der Waals surface area contributed by atoms with E-state index in [1.54, 1.807) is 0 Å². The maximum atomic E-state index is 6.72. The summed E-state index contributed by atoms with van der Waals surface area (Å²) in [6.07, 6.45) is 22.1. The van der Waals surface area contributed by atoms with Crippen LogP contribution in [0, 0.1) is 0 Å². The highest BCUT2D eigenvalue weighted by molar-refractivity contribution is 5.33. The van der Waals surface area contributed by atoms with Gasteiger partial charge in [-0.15, -0.1) is 0 Å². The molecule has 0 aliphatic carbocycles. The average Bonchev–Trinajstić information content (AvgIpc) is 4.10. The van der Waals surface area contributed by atoms with E-state index in [-0.39, 0.29) is 30.0 Å². The third-order valence-electron chi connectivity index (χ3n) is 12.9. The fraction of sp³-hybridized carbons (Fsp3) is 0.855. The Morgan fingerprint density at radius 1 is 0.565 bits per heavy atom. The van der Waals surface area contributed by atoms with Crippen LogP contribution in [0.4, 0.5) is 0 Å². The van der Waals surface area contributed by atoms with Crippen LogP contribution in [0.15, 0.2) is 36.4 Å². The molecule has 14 heteroatoms. The molecule has 0 aromatic heterocycles. The molecule has 14 nitrogen and oxygen atoms in total. The highest BCUT2D eigenvalue weighted by Gasteiger charge is 2.35. The van der Waals surface area contributed by atoms with Gasteiger partial charge in [0.15, 0.2) is 0 Å². The van der Waals surface area contributed by atoms with Gasteiger partial charge in [0.1, 0.15) is 49.1 Å². The van der Waals surface area contributed by atoms with E-state index in [0.717, 1.165) is 160 Å². The molecule has 398 valence electrons. The molecule has 4 aliphatic rings. The summed E-state index contributed by atoms with van der Waals surface area (Å²) in [5.41, 5.74) is -0.532. The standard InChI is InChI=1S/C55H94O14/c1-5-23-54(4,34-48-40-64-48)68-31-14-10-8-12-25-56-36-50(61-30-19-17-28-59-39-53-45-67-53)42-63-47-22-20-21-46(33-47)62-41-49(60-29-18-16-27-58-38-52-44-66-52)35-55(7-3,24-6-2)69-32-15-11-9-13-26-57-37-51-43-65-51/h6,20-22,24,33,48-53H,5,7-19,23,25-32,34-45H2,1-4H3/b24-6-. The Kier molecular flexibility index (Phi) is 29.6. The van der Waals surface area contributed by atoms with Crippen molar-refractivity contribution >= 4 is 0 Å². The lowest BCUT2D eigenvalue weighted by molar-refractivity contribution is -0.0728. The van der Waals surface area contributed by atoms with Crippen LogP contribution in [0.3, 0.4) is 0 Å². The first-order valence-corrected chi connectivity index (χ1v) is 27.2. The van der Waals surface area contributed by atoms with Gasteiger partial charge in [0, 0.05) is 71.8 Å². The number of epoxide rings is 4. The van der Waals surface area contributed by atoms with E-state index in [1.165, 1.54) is 0 Å². The number of rotatable bonds is 50. The van der Waals surface area contributed by atoms with E-state index in [2.05, 4.69) is 39.8 Å². The van der Waals surface area contributed by atoms with Crippen molar-refractivity contribution in [1.29, 1.82) is 0 Å². The van der Waals surface area contributed by atoms with Crippen molar-refractivity contribution in [2.24, 2.45) is 0 Å². The summed E-state index contributed by atoms with van der Waals surface area (Å²) < 4.78 is 83.5. The lowest BCUT2D eigenvalue weighted by atomic mass is 9.92. The number of hydrogen-bond donors (Lipinski definition) is 0. The lowest BCUT2D eigenvalue weighted by Gasteiger charge is -2.34. The number of hydrogen-bond acceptors (Lipinski definition) is 14. The van der Waals surface area contributed by atoms with Crippen LogP contribution in [0.1, 0.15) is 137 Å². The number of benzene rings is 1. The van der Waals surface area contributed by atoms with E-state index < -0.39 is 5.60 Å². The highest BCUT2D eigenvalue weighted by Crippen LogP contribution is 2.31. The van der Waals surface area contributed by atoms with Gasteiger partial charge >= 0.3 is 0 Å². The predicted octanol–water partition coefficient (Wildman–Crippen LogP) is 9.65. The highest BCUT2D eigenvalue weighted by atomic mass is 16.6. The minimum Gasteiger partial charge on any atom is -0.491 e. The van der Waals surface area contributed by atoms with Crippen LogP contribution < -0.4 is 9.47 Å². The molecule has 0 amide bonds. The van der Waals surface area contributed by atoms with E-state index >= 15 is 0 Å². The largest absolute Gasteiger partial charge is 0.491 e. The first kappa shape index (κ1) is 58.0. The summed E-state index contributed by atoms with van der Waals surface area (Å²) in [6.45, 7) is 20.9. The molecule has 0 spiro atoms. The Hall–Kier alpha value is -1.92. The van der Waals surface area contributed by atoms with E-state index in [0.29, 0.717) is 91.3 Å². The van der Waals surface area contributed by atoms with Gasteiger partial charge in [-0.2, -0.15) is 0 Å². The van der Waals surface area contributed by atoms with Gasteiger partial charge in [-0.05, 0) is 90.2 Å². The molecule has 69 heavy (non-hydrogen) atoms. The summed E-state index contributed by atoms with van der Waals surface area (Å²) in [4.78, 5) is 0. The SMILES string of the molecule is C/C=C\C(CC)(CC(COc1cccc(OCC(COCCCCCCOC(C)(CCC)CC2CO2)OCCCCOCC2CO2)c1)OCCCCOCC1CO1)OCCCCCCOCC1CO1. The minimum absolute atomic E-state index is 0.0750. The first-order valence-electron chi connectivity index (χ1n) is 27.2. The van der Waals surface area contributed by atoms with Crippen LogP contribution >= 0.6 is 0 Å². The molecular weight excluding hydrogens is 885 g/mol. The molecule has 0 bridgehead atoms. The van der Waals surface area contributed by atoms with Crippen LogP contribution in [-0.4, -0.2) is 167 Å². The maximum absolute atomic E-state index is 6.72. The van der Waals surface area contributed by atoms with Gasteiger partial charge in [0.2, 0.25) is 0 Å². The van der Waals surface area contributed by atoms with Crippen LogP contribution in [0.2, 0.25) is 0 Å². The third kappa shape index (κ3) is 28.8. The van der Waals surface area contributed by atoms with E-state index in [1.807, 2.05) is 24.3 Å². The fourth-order valence-electron chi connectivity index (χ4n) is 8.38. The zero-order valence-electron chi connectivity index (χ0n) is 43.4. The van der Waals surface area contributed by atoms with Crippen molar-refractivity contribution < 1.29 is 66.3 Å². The molecule has 1 aromatic carbocycles. The van der Waals surface area contributed by atoms with Crippen molar-refractivity contribution in [2.75, 3.05) is 119 Å².